The van der Waals surface area contributed by atoms with Crippen LogP contribution in [0.4, 0.5) is 4.39 Å². The maximum absolute atomic E-state index is 13.1. The van der Waals surface area contributed by atoms with Crippen LogP contribution in [0.25, 0.3) is 0 Å². The first-order valence-electron chi connectivity index (χ1n) is 7.20. The van der Waals surface area contributed by atoms with Gasteiger partial charge in [-0.3, -0.25) is 4.90 Å². The van der Waals surface area contributed by atoms with Crippen molar-refractivity contribution >= 4 is 0 Å². The fourth-order valence-electron chi connectivity index (χ4n) is 2.83. The molecule has 2 heterocycles. The number of aromatic nitrogens is 2. The normalized spacial score (nSPS) is 22.0. The van der Waals surface area contributed by atoms with Gasteiger partial charge in [0, 0.05) is 25.2 Å². The quantitative estimate of drug-likeness (QED) is 0.935. The monoisotopic (exact) mass is 303 g/mol. The Bertz CT molecular complexity index is 618. The standard InChI is InChI=1S/C16H18FN3O2/c1-22-16-7-6-13(18-19-16)9-20-10-14(21)8-15(20)11-2-4-12(17)5-3-11/h2-7,14-15,21H,8-10H2,1H3/t14-,15+/m0/s1. The summed E-state index contributed by atoms with van der Waals surface area (Å²) in [4.78, 5) is 2.13. The second kappa shape index (κ2) is 6.37. The number of β-amino-alcohol motifs (C(OH)–C–C–N with tert-alkyl or cyclic N) is 1. The number of halogens is 1. The molecule has 2 aromatic rings. The minimum atomic E-state index is -0.388. The lowest BCUT2D eigenvalue weighted by Crippen LogP contribution is -2.25. The number of hydrogen-bond donors (Lipinski definition) is 1. The van der Waals surface area contributed by atoms with E-state index in [0.29, 0.717) is 25.4 Å². The van der Waals surface area contributed by atoms with Crippen molar-refractivity contribution in [2.24, 2.45) is 0 Å². The first kappa shape index (κ1) is 14.9. The lowest BCUT2D eigenvalue weighted by atomic mass is 10.0. The maximum atomic E-state index is 13.1. The van der Waals surface area contributed by atoms with Crippen molar-refractivity contribution in [3.05, 3.63) is 53.5 Å². The Labute approximate surface area is 128 Å². The first-order valence-corrected chi connectivity index (χ1v) is 7.20. The number of rotatable bonds is 4. The van der Waals surface area contributed by atoms with Crippen LogP contribution in [-0.4, -0.2) is 40.0 Å². The van der Waals surface area contributed by atoms with Crippen LogP contribution in [-0.2, 0) is 6.54 Å². The van der Waals surface area contributed by atoms with E-state index in [9.17, 15) is 9.50 Å². The van der Waals surface area contributed by atoms with Crippen molar-refractivity contribution < 1.29 is 14.2 Å². The van der Waals surface area contributed by atoms with Gasteiger partial charge < -0.3 is 9.84 Å². The molecule has 1 N–H and O–H groups in total. The summed E-state index contributed by atoms with van der Waals surface area (Å²) in [6, 6.07) is 10.1. The number of aliphatic hydroxyl groups excluding tert-OH is 1. The minimum absolute atomic E-state index is 0.0551. The second-order valence-corrected chi connectivity index (χ2v) is 5.45. The predicted molar refractivity (Wildman–Crippen MR) is 78.8 cm³/mol. The Balaban J connectivity index is 1.76. The van der Waals surface area contributed by atoms with E-state index < -0.39 is 0 Å². The van der Waals surface area contributed by atoms with Crippen LogP contribution in [0.2, 0.25) is 0 Å². The molecule has 1 aromatic carbocycles. The molecule has 0 radical (unpaired) electrons. The van der Waals surface area contributed by atoms with Crippen molar-refractivity contribution in [2.75, 3.05) is 13.7 Å². The average molecular weight is 303 g/mol. The Kier molecular flexibility index (Phi) is 4.31. The fourth-order valence-corrected chi connectivity index (χ4v) is 2.83. The summed E-state index contributed by atoms with van der Waals surface area (Å²) in [5, 5.41) is 18.1. The third-order valence-electron chi connectivity index (χ3n) is 3.91. The van der Waals surface area contributed by atoms with E-state index >= 15 is 0 Å². The van der Waals surface area contributed by atoms with Gasteiger partial charge in [-0.25, -0.2) is 4.39 Å². The van der Waals surface area contributed by atoms with Gasteiger partial charge in [-0.15, -0.1) is 5.10 Å². The fraction of sp³-hybridized carbons (Fsp3) is 0.375. The molecule has 22 heavy (non-hydrogen) atoms. The maximum Gasteiger partial charge on any atom is 0.233 e. The number of aliphatic hydroxyl groups is 1. The first-order chi connectivity index (χ1) is 10.7. The van der Waals surface area contributed by atoms with E-state index in [2.05, 4.69) is 15.1 Å². The highest BCUT2D eigenvalue weighted by atomic mass is 19.1. The van der Waals surface area contributed by atoms with Crippen molar-refractivity contribution in [3.8, 4) is 5.88 Å². The van der Waals surface area contributed by atoms with Gasteiger partial charge >= 0.3 is 0 Å². The summed E-state index contributed by atoms with van der Waals surface area (Å²) in [6.07, 6.45) is 0.246. The van der Waals surface area contributed by atoms with Crippen molar-refractivity contribution in [1.82, 2.24) is 15.1 Å². The van der Waals surface area contributed by atoms with Crippen LogP contribution in [0.15, 0.2) is 36.4 Å². The van der Waals surface area contributed by atoms with Gasteiger partial charge in [-0.05, 0) is 30.2 Å². The zero-order valence-corrected chi connectivity index (χ0v) is 12.3. The molecule has 1 saturated heterocycles. The van der Waals surface area contributed by atoms with Crippen LogP contribution < -0.4 is 4.74 Å². The largest absolute Gasteiger partial charge is 0.480 e. The molecule has 1 fully saturated rings. The topological polar surface area (TPSA) is 58.5 Å². The molecule has 1 aliphatic rings. The van der Waals surface area contributed by atoms with Gasteiger partial charge in [0.2, 0.25) is 5.88 Å². The number of benzene rings is 1. The van der Waals surface area contributed by atoms with Crippen LogP contribution in [0.5, 0.6) is 5.88 Å². The van der Waals surface area contributed by atoms with E-state index in [1.165, 1.54) is 12.1 Å². The Morgan fingerprint density at radius 1 is 1.23 bits per heavy atom. The van der Waals surface area contributed by atoms with Crippen LogP contribution in [0, 0.1) is 5.82 Å². The highest BCUT2D eigenvalue weighted by Crippen LogP contribution is 2.33. The molecular formula is C16H18FN3O2. The molecule has 6 heteroatoms. The van der Waals surface area contributed by atoms with Crippen LogP contribution >= 0.6 is 0 Å². The molecular weight excluding hydrogens is 285 g/mol. The van der Waals surface area contributed by atoms with Gasteiger partial charge in [0.05, 0.1) is 18.9 Å². The zero-order chi connectivity index (χ0) is 15.5. The molecule has 1 aliphatic heterocycles. The predicted octanol–water partition coefficient (Wildman–Crippen LogP) is 1.93. The van der Waals surface area contributed by atoms with Gasteiger partial charge in [0.15, 0.2) is 0 Å². The van der Waals surface area contributed by atoms with Crippen molar-refractivity contribution in [1.29, 1.82) is 0 Å². The Morgan fingerprint density at radius 2 is 2.00 bits per heavy atom. The highest BCUT2D eigenvalue weighted by molar-refractivity contribution is 5.22. The van der Waals surface area contributed by atoms with Gasteiger partial charge in [0.1, 0.15) is 5.82 Å². The summed E-state index contributed by atoms with van der Waals surface area (Å²) < 4.78 is 18.1. The molecule has 5 nitrogen and oxygen atoms in total. The summed E-state index contributed by atoms with van der Waals surface area (Å²) >= 11 is 0. The number of hydrogen-bond acceptors (Lipinski definition) is 5. The number of methoxy groups -OCH3 is 1. The molecule has 0 amide bonds. The van der Waals surface area contributed by atoms with E-state index in [-0.39, 0.29) is 18.0 Å². The lowest BCUT2D eigenvalue weighted by Gasteiger charge is -2.23. The molecule has 1 aromatic heterocycles. The molecule has 0 spiro atoms. The molecule has 116 valence electrons. The highest BCUT2D eigenvalue weighted by Gasteiger charge is 2.32. The lowest BCUT2D eigenvalue weighted by molar-refractivity contribution is 0.172. The van der Waals surface area contributed by atoms with Crippen molar-refractivity contribution in [3.63, 3.8) is 0 Å². The van der Waals surface area contributed by atoms with E-state index in [0.717, 1.165) is 11.3 Å². The average Bonchev–Trinajstić information content (AvgIpc) is 2.89. The third-order valence-corrected chi connectivity index (χ3v) is 3.91. The molecule has 3 rings (SSSR count). The SMILES string of the molecule is COc1ccc(CN2C[C@@H](O)C[C@@H]2c2ccc(F)cc2)nn1. The van der Waals surface area contributed by atoms with Gasteiger partial charge in [-0.1, -0.05) is 12.1 Å². The summed E-state index contributed by atoms with van der Waals surface area (Å²) in [5.74, 6) is 0.218. The molecule has 0 bridgehead atoms. The Morgan fingerprint density at radius 3 is 2.64 bits per heavy atom. The van der Waals surface area contributed by atoms with Gasteiger partial charge in [-0.2, -0.15) is 5.10 Å². The van der Waals surface area contributed by atoms with Crippen molar-refractivity contribution in [2.45, 2.75) is 25.1 Å². The van der Waals surface area contributed by atoms with E-state index in [4.69, 9.17) is 4.74 Å². The van der Waals surface area contributed by atoms with E-state index in [1.54, 1.807) is 25.3 Å². The molecule has 0 saturated carbocycles. The number of likely N-dealkylation sites (tertiary alicyclic amines) is 1. The number of ether oxygens (including phenoxy) is 1. The summed E-state index contributed by atoms with van der Waals surface area (Å²) in [5.41, 5.74) is 1.81. The zero-order valence-electron chi connectivity index (χ0n) is 12.3. The third kappa shape index (κ3) is 3.23. The minimum Gasteiger partial charge on any atom is -0.480 e. The summed E-state index contributed by atoms with van der Waals surface area (Å²) in [6.45, 7) is 1.14. The van der Waals surface area contributed by atoms with Crippen LogP contribution in [0.1, 0.15) is 23.7 Å². The molecule has 2 atom stereocenters. The molecule has 0 aliphatic carbocycles. The van der Waals surface area contributed by atoms with Crippen LogP contribution in [0.3, 0.4) is 0 Å². The van der Waals surface area contributed by atoms with E-state index in [1.807, 2.05) is 6.07 Å². The smallest absolute Gasteiger partial charge is 0.233 e. The second-order valence-electron chi connectivity index (χ2n) is 5.45. The summed E-state index contributed by atoms with van der Waals surface area (Å²) in [7, 11) is 1.55. The molecule has 0 unspecified atom stereocenters. The Hall–Kier alpha value is -2.05. The van der Waals surface area contributed by atoms with Gasteiger partial charge in [0.25, 0.3) is 0 Å². The number of nitrogens with zero attached hydrogens (tertiary/aromatic N) is 3.